The quantitative estimate of drug-likeness (QED) is 0.753. The highest BCUT2D eigenvalue weighted by atomic mass is 79.9. The fourth-order valence-electron chi connectivity index (χ4n) is 1.30. The number of sulfonamides is 1. The third-order valence-electron chi connectivity index (χ3n) is 2.17. The Labute approximate surface area is 132 Å². The lowest BCUT2D eigenvalue weighted by Gasteiger charge is -2.08. The second kappa shape index (κ2) is 5.78. The molecule has 0 spiro atoms. The highest BCUT2D eigenvalue weighted by molar-refractivity contribution is 9.10. The van der Waals surface area contributed by atoms with Crippen molar-refractivity contribution in [3.63, 3.8) is 0 Å². The van der Waals surface area contributed by atoms with Crippen molar-refractivity contribution < 1.29 is 8.42 Å². The third-order valence-corrected chi connectivity index (χ3v) is 5.23. The van der Waals surface area contributed by atoms with Crippen LogP contribution in [-0.4, -0.2) is 13.4 Å². The first-order valence-corrected chi connectivity index (χ1v) is 8.42. The summed E-state index contributed by atoms with van der Waals surface area (Å²) in [6.45, 7) is 0. The molecule has 1 N–H and O–H groups in total. The summed E-state index contributed by atoms with van der Waals surface area (Å²) in [7, 11) is -3.63. The molecule has 4 nitrogen and oxygen atoms in total. The fraction of sp³-hybridized carbons (Fsp3) is 0. The van der Waals surface area contributed by atoms with Gasteiger partial charge in [-0.15, -0.1) is 0 Å². The minimum atomic E-state index is -3.63. The number of rotatable bonds is 3. The molecule has 0 saturated carbocycles. The van der Waals surface area contributed by atoms with Crippen LogP contribution >= 0.6 is 43.5 Å². The number of pyridine rings is 1. The topological polar surface area (TPSA) is 59.1 Å². The summed E-state index contributed by atoms with van der Waals surface area (Å²) in [6, 6.07) is 7.87. The number of hydrogen-bond donors (Lipinski definition) is 1. The first-order valence-electron chi connectivity index (χ1n) is 4.98. The molecule has 0 aliphatic carbocycles. The molecule has 1 heterocycles. The molecule has 2 aromatic rings. The van der Waals surface area contributed by atoms with Crippen LogP contribution in [0.4, 0.5) is 5.69 Å². The monoisotopic (exact) mass is 424 g/mol. The predicted octanol–water partition coefficient (Wildman–Crippen LogP) is 4.06. The van der Waals surface area contributed by atoms with E-state index in [0.717, 1.165) is 4.47 Å². The predicted molar refractivity (Wildman–Crippen MR) is 81.9 cm³/mol. The zero-order chi connectivity index (χ0) is 14.0. The summed E-state index contributed by atoms with van der Waals surface area (Å²) < 4.78 is 28.0. The van der Waals surface area contributed by atoms with Gasteiger partial charge >= 0.3 is 0 Å². The molecule has 0 saturated heterocycles. The number of hydrogen-bond acceptors (Lipinski definition) is 3. The molecule has 0 radical (unpaired) electrons. The first-order chi connectivity index (χ1) is 8.88. The maximum atomic E-state index is 12.1. The Hall–Kier alpha value is -0.630. The van der Waals surface area contributed by atoms with Crippen LogP contribution in [-0.2, 0) is 10.0 Å². The van der Waals surface area contributed by atoms with E-state index in [9.17, 15) is 8.42 Å². The molecule has 8 heteroatoms. The number of aromatic nitrogens is 1. The van der Waals surface area contributed by atoms with Gasteiger partial charge in [0.25, 0.3) is 10.0 Å². The van der Waals surface area contributed by atoms with Crippen LogP contribution in [0.5, 0.6) is 0 Å². The van der Waals surface area contributed by atoms with Crippen molar-refractivity contribution >= 4 is 59.2 Å². The number of nitrogens with one attached hydrogen (secondary N) is 1. The van der Waals surface area contributed by atoms with E-state index in [-0.39, 0.29) is 10.0 Å². The lowest BCUT2D eigenvalue weighted by atomic mass is 10.4. The molecule has 0 amide bonds. The zero-order valence-electron chi connectivity index (χ0n) is 9.27. The lowest BCUT2D eigenvalue weighted by Crippen LogP contribution is -2.13. The number of benzene rings is 1. The second-order valence-corrected chi connectivity index (χ2v) is 7.37. The van der Waals surface area contributed by atoms with Crippen molar-refractivity contribution in [3.8, 4) is 0 Å². The summed E-state index contributed by atoms with van der Waals surface area (Å²) in [5.41, 5.74) is 0.333. The van der Waals surface area contributed by atoms with Crippen molar-refractivity contribution in [3.05, 3.63) is 50.6 Å². The van der Waals surface area contributed by atoms with Crippen molar-refractivity contribution in [2.24, 2.45) is 0 Å². The van der Waals surface area contributed by atoms with Crippen LogP contribution in [0.25, 0.3) is 0 Å². The van der Waals surface area contributed by atoms with Crippen LogP contribution in [0, 0.1) is 0 Å². The fourth-order valence-corrected chi connectivity index (χ4v) is 3.06. The molecule has 0 atom stereocenters. The average Bonchev–Trinajstić information content (AvgIpc) is 2.34. The maximum absolute atomic E-state index is 12.1. The van der Waals surface area contributed by atoms with E-state index in [0.29, 0.717) is 10.2 Å². The van der Waals surface area contributed by atoms with E-state index in [4.69, 9.17) is 11.6 Å². The third kappa shape index (κ3) is 3.68. The molecule has 1 aromatic carbocycles. The van der Waals surface area contributed by atoms with E-state index >= 15 is 0 Å². The van der Waals surface area contributed by atoms with Gasteiger partial charge in [0.15, 0.2) is 0 Å². The van der Waals surface area contributed by atoms with Gasteiger partial charge in [-0.3, -0.25) is 4.72 Å². The van der Waals surface area contributed by atoms with Gasteiger partial charge in [-0.1, -0.05) is 27.5 Å². The Bertz CT molecular complexity index is 705. The van der Waals surface area contributed by atoms with Crippen LogP contribution in [0.15, 0.2) is 50.4 Å². The summed E-state index contributed by atoms with van der Waals surface area (Å²) in [4.78, 5) is 4.02. The van der Waals surface area contributed by atoms with E-state index < -0.39 is 10.0 Å². The van der Waals surface area contributed by atoms with E-state index in [2.05, 4.69) is 41.6 Å². The smallest absolute Gasteiger partial charge is 0.261 e. The van der Waals surface area contributed by atoms with Gasteiger partial charge in [-0.2, -0.15) is 0 Å². The van der Waals surface area contributed by atoms with Crippen LogP contribution < -0.4 is 4.72 Å². The Balaban J connectivity index is 2.30. The normalized spacial score (nSPS) is 11.3. The number of anilines is 1. The SMILES string of the molecule is O=S(=O)(Nc1cnc(Cl)c(Br)c1)c1ccc(Br)cc1. The molecule has 19 heavy (non-hydrogen) atoms. The van der Waals surface area contributed by atoms with Gasteiger partial charge in [0.1, 0.15) is 5.15 Å². The second-order valence-electron chi connectivity index (χ2n) is 3.56. The minimum Gasteiger partial charge on any atom is -0.278 e. The van der Waals surface area contributed by atoms with Gasteiger partial charge in [0, 0.05) is 4.47 Å². The molecular formula is C11H7Br2ClN2O2S. The molecule has 1 aromatic heterocycles. The van der Waals surface area contributed by atoms with E-state index in [1.54, 1.807) is 18.2 Å². The molecular weight excluding hydrogens is 419 g/mol. The Morgan fingerprint density at radius 1 is 1.16 bits per heavy atom. The molecule has 100 valence electrons. The van der Waals surface area contributed by atoms with Crippen molar-refractivity contribution in [2.45, 2.75) is 4.90 Å². The Kier molecular flexibility index (Phi) is 4.50. The molecule has 0 aliphatic heterocycles. The summed E-state index contributed by atoms with van der Waals surface area (Å²) >= 11 is 12.2. The number of halogens is 3. The van der Waals surface area contributed by atoms with Crippen LogP contribution in [0.1, 0.15) is 0 Å². The van der Waals surface area contributed by atoms with Crippen LogP contribution in [0.3, 0.4) is 0 Å². The van der Waals surface area contributed by atoms with Gasteiger partial charge in [0.2, 0.25) is 0 Å². The average molecular weight is 427 g/mol. The van der Waals surface area contributed by atoms with Gasteiger partial charge < -0.3 is 0 Å². The maximum Gasteiger partial charge on any atom is 0.261 e. The molecule has 0 fully saturated rings. The first kappa shape index (κ1) is 14.8. The molecule has 0 unspecified atom stereocenters. The summed E-state index contributed by atoms with van der Waals surface area (Å²) in [6.07, 6.45) is 1.35. The van der Waals surface area contributed by atoms with Gasteiger partial charge in [-0.05, 0) is 46.3 Å². The molecule has 0 bridgehead atoms. The minimum absolute atomic E-state index is 0.168. The van der Waals surface area contributed by atoms with E-state index in [1.165, 1.54) is 18.3 Å². The molecule has 0 aliphatic rings. The largest absolute Gasteiger partial charge is 0.278 e. The van der Waals surface area contributed by atoms with E-state index in [1.807, 2.05) is 0 Å². The van der Waals surface area contributed by atoms with Crippen LogP contribution in [0.2, 0.25) is 5.15 Å². The van der Waals surface area contributed by atoms with Crippen molar-refractivity contribution in [1.29, 1.82) is 0 Å². The highest BCUT2D eigenvalue weighted by Crippen LogP contribution is 2.24. The van der Waals surface area contributed by atoms with Gasteiger partial charge in [0.05, 0.1) is 21.3 Å². The molecule has 2 rings (SSSR count). The van der Waals surface area contributed by atoms with Crippen molar-refractivity contribution in [2.75, 3.05) is 4.72 Å². The van der Waals surface area contributed by atoms with Crippen molar-refractivity contribution in [1.82, 2.24) is 4.98 Å². The lowest BCUT2D eigenvalue weighted by molar-refractivity contribution is 0.601. The van der Waals surface area contributed by atoms with Gasteiger partial charge in [-0.25, -0.2) is 13.4 Å². The number of nitrogens with zero attached hydrogens (tertiary/aromatic N) is 1. The Morgan fingerprint density at radius 3 is 2.37 bits per heavy atom. The standard InChI is InChI=1S/C11H7Br2ClN2O2S/c12-7-1-3-9(4-2-7)19(17,18)16-8-5-10(13)11(14)15-6-8/h1-6,16H. The summed E-state index contributed by atoms with van der Waals surface area (Å²) in [5.74, 6) is 0. The Morgan fingerprint density at radius 2 is 1.79 bits per heavy atom. The highest BCUT2D eigenvalue weighted by Gasteiger charge is 2.14. The zero-order valence-corrected chi connectivity index (χ0v) is 14.0. The summed E-state index contributed by atoms with van der Waals surface area (Å²) in [5, 5.41) is 0.270.